The van der Waals surface area contributed by atoms with Gasteiger partial charge in [-0.25, -0.2) is 11.0 Å². The molecule has 1 saturated heterocycles. The van der Waals surface area contributed by atoms with Gasteiger partial charge in [-0.1, -0.05) is 36.4 Å². The molecule has 1 amide bonds. The van der Waals surface area contributed by atoms with E-state index in [4.69, 9.17) is 32.9 Å². The van der Waals surface area contributed by atoms with Gasteiger partial charge in [0.1, 0.15) is 24.3 Å². The molecule has 0 N–H and O–H groups in total. The fourth-order valence-electron chi connectivity index (χ4n) is 6.81. The number of amides is 1. The molecule has 2 aromatic carbocycles. The predicted octanol–water partition coefficient (Wildman–Crippen LogP) is 5.36. The fourth-order valence-corrected chi connectivity index (χ4v) is 7.07. The maximum atomic E-state index is 14.6. The molecule has 1 saturated carbocycles. The summed E-state index contributed by atoms with van der Waals surface area (Å²) in [5.41, 5.74) is 2.94. The summed E-state index contributed by atoms with van der Waals surface area (Å²) in [5.74, 6) is 0.178. The third-order valence-electron chi connectivity index (χ3n) is 9.83. The molecule has 236 valence electrons. The van der Waals surface area contributed by atoms with Gasteiger partial charge < -0.3 is 24.3 Å². The zero-order valence-electron chi connectivity index (χ0n) is 25.9. The van der Waals surface area contributed by atoms with E-state index in [-0.39, 0.29) is 29.1 Å². The monoisotopic (exact) mass is 631 g/mol. The lowest BCUT2D eigenvalue weighted by atomic mass is 9.77. The zero-order valence-corrected chi connectivity index (χ0v) is 26.7. The molecule has 3 aliphatic rings. The molecule has 9 nitrogen and oxygen atoms in total. The molecule has 45 heavy (non-hydrogen) atoms. The normalized spacial score (nSPS) is 19.2. The molecular weight excluding hydrogens is 593 g/mol. The standard InChI is InChI=1S/C34H39ClFN7O2/c1-5-29(44)43-17-16-42(21-24(43)20-37-3)32-25-12-15-41(28-9-6-8-23-10-11-26(36)31(35)30(23)28)22-27(25)38-33(39-32)45-19-18-40(4)34(2)13-7-14-34/h5-6,8-11,24H,1,7,12-22H2,2,4H3/t24-/m0/s1. The van der Waals surface area contributed by atoms with Crippen LogP contribution in [0, 0.1) is 12.4 Å². The highest BCUT2D eigenvalue weighted by Crippen LogP contribution is 2.39. The van der Waals surface area contributed by atoms with Crippen molar-refractivity contribution in [1.82, 2.24) is 19.8 Å². The van der Waals surface area contributed by atoms with Gasteiger partial charge in [0.2, 0.25) is 12.5 Å². The van der Waals surface area contributed by atoms with E-state index in [9.17, 15) is 9.18 Å². The summed E-state index contributed by atoms with van der Waals surface area (Å²) in [4.78, 5) is 34.5. The van der Waals surface area contributed by atoms with E-state index >= 15 is 0 Å². The van der Waals surface area contributed by atoms with Crippen LogP contribution in [0.2, 0.25) is 5.02 Å². The largest absolute Gasteiger partial charge is 0.462 e. The minimum atomic E-state index is -0.446. The van der Waals surface area contributed by atoms with Crippen LogP contribution >= 0.6 is 11.6 Å². The molecule has 3 aromatic rings. The first kappa shape index (κ1) is 31.1. The van der Waals surface area contributed by atoms with Crippen molar-refractivity contribution in [2.45, 2.75) is 50.7 Å². The summed E-state index contributed by atoms with van der Waals surface area (Å²) < 4.78 is 20.8. The molecule has 2 aliphatic heterocycles. The van der Waals surface area contributed by atoms with Crippen LogP contribution in [0.4, 0.5) is 15.9 Å². The van der Waals surface area contributed by atoms with E-state index < -0.39 is 5.82 Å². The number of piperazine rings is 1. The van der Waals surface area contributed by atoms with E-state index in [0.29, 0.717) is 57.1 Å². The zero-order chi connectivity index (χ0) is 31.7. The number of aromatic nitrogens is 2. The molecule has 3 heterocycles. The maximum Gasteiger partial charge on any atom is 0.318 e. The summed E-state index contributed by atoms with van der Waals surface area (Å²) in [6.45, 7) is 17.5. The average molecular weight is 632 g/mol. The average Bonchev–Trinajstić information content (AvgIpc) is 3.04. The second-order valence-corrected chi connectivity index (χ2v) is 12.8. The van der Waals surface area contributed by atoms with Gasteiger partial charge in [0, 0.05) is 54.9 Å². The minimum absolute atomic E-state index is 0.114. The van der Waals surface area contributed by atoms with Gasteiger partial charge >= 0.3 is 6.01 Å². The minimum Gasteiger partial charge on any atom is -0.462 e. The molecule has 0 radical (unpaired) electrons. The highest BCUT2D eigenvalue weighted by atomic mass is 35.5. The van der Waals surface area contributed by atoms with Crippen LogP contribution in [0.1, 0.15) is 37.4 Å². The van der Waals surface area contributed by atoms with Gasteiger partial charge in [-0.15, -0.1) is 0 Å². The smallest absolute Gasteiger partial charge is 0.318 e. The number of hydrogen-bond acceptors (Lipinski definition) is 7. The lowest BCUT2D eigenvalue weighted by Crippen LogP contribution is -2.56. The number of ether oxygens (including phenoxy) is 1. The molecule has 0 unspecified atom stereocenters. The van der Waals surface area contributed by atoms with Gasteiger partial charge in [0.15, 0.2) is 0 Å². The number of carbonyl (C=O) groups excluding carboxylic acids is 1. The Hall–Kier alpha value is -3.94. The predicted molar refractivity (Wildman–Crippen MR) is 175 cm³/mol. The van der Waals surface area contributed by atoms with Crippen molar-refractivity contribution < 1.29 is 13.9 Å². The first-order valence-electron chi connectivity index (χ1n) is 15.6. The van der Waals surface area contributed by atoms with Crippen molar-refractivity contribution in [2.24, 2.45) is 0 Å². The van der Waals surface area contributed by atoms with Crippen molar-refractivity contribution in [3.05, 3.63) is 76.5 Å². The van der Waals surface area contributed by atoms with Crippen LogP contribution in [0.5, 0.6) is 6.01 Å². The Kier molecular flexibility index (Phi) is 8.85. The van der Waals surface area contributed by atoms with Crippen LogP contribution < -0.4 is 14.5 Å². The van der Waals surface area contributed by atoms with Crippen molar-refractivity contribution >= 4 is 39.8 Å². The number of nitrogens with zero attached hydrogens (tertiary/aromatic N) is 7. The molecule has 2 fully saturated rings. The molecule has 1 atom stereocenters. The maximum absolute atomic E-state index is 14.6. The van der Waals surface area contributed by atoms with Crippen LogP contribution in [-0.2, 0) is 17.8 Å². The van der Waals surface area contributed by atoms with Gasteiger partial charge in [-0.3, -0.25) is 9.69 Å². The van der Waals surface area contributed by atoms with Crippen LogP contribution in [-0.4, -0.2) is 90.2 Å². The first-order chi connectivity index (χ1) is 21.7. The number of halogens is 2. The molecule has 0 spiro atoms. The second-order valence-electron chi connectivity index (χ2n) is 12.5. The Morgan fingerprint density at radius 3 is 2.80 bits per heavy atom. The Morgan fingerprint density at radius 1 is 1.24 bits per heavy atom. The lowest BCUT2D eigenvalue weighted by Gasteiger charge is -2.46. The summed E-state index contributed by atoms with van der Waals surface area (Å²) in [5, 5.41) is 1.67. The molecule has 6 rings (SSSR count). The molecule has 0 bridgehead atoms. The highest BCUT2D eigenvalue weighted by Gasteiger charge is 2.36. The number of likely N-dealkylation sites (N-methyl/N-ethyl adjacent to an activating group) is 1. The van der Waals surface area contributed by atoms with Crippen molar-refractivity contribution in [2.75, 3.05) is 62.7 Å². The van der Waals surface area contributed by atoms with E-state index in [1.54, 1.807) is 11.0 Å². The van der Waals surface area contributed by atoms with E-state index in [0.717, 1.165) is 34.7 Å². The quantitative estimate of drug-likeness (QED) is 0.233. The number of benzene rings is 2. The van der Waals surface area contributed by atoms with Crippen LogP contribution in [0.3, 0.4) is 0 Å². The highest BCUT2D eigenvalue weighted by molar-refractivity contribution is 6.36. The SMILES string of the molecule is [C-]#[N+]C[C@H]1CN(c2nc(OCCN(C)C3(C)CCC3)nc3c2CCN(c2cccc4ccc(F)c(Cl)c24)C3)CCN1C(=O)C=C. The summed E-state index contributed by atoms with van der Waals surface area (Å²) in [6, 6.07) is 9.05. The van der Waals surface area contributed by atoms with Crippen molar-refractivity contribution in [3.8, 4) is 6.01 Å². The van der Waals surface area contributed by atoms with Gasteiger partial charge in [0.05, 0.1) is 17.3 Å². The van der Waals surface area contributed by atoms with Crippen molar-refractivity contribution in [3.63, 3.8) is 0 Å². The number of hydrogen-bond donors (Lipinski definition) is 0. The number of carbonyl (C=O) groups is 1. The Bertz CT molecular complexity index is 1660. The third-order valence-corrected chi connectivity index (χ3v) is 10.2. The van der Waals surface area contributed by atoms with E-state index in [1.807, 2.05) is 18.2 Å². The van der Waals surface area contributed by atoms with Gasteiger partial charge in [-0.2, -0.15) is 9.97 Å². The van der Waals surface area contributed by atoms with Gasteiger partial charge in [-0.05, 0) is 63.2 Å². The van der Waals surface area contributed by atoms with Crippen molar-refractivity contribution in [1.29, 1.82) is 0 Å². The molecular formula is C34H39ClFN7O2. The third kappa shape index (κ3) is 6.03. The molecule has 1 aromatic heterocycles. The number of rotatable bonds is 9. The second kappa shape index (κ2) is 12.8. The van der Waals surface area contributed by atoms with E-state index in [2.05, 4.69) is 40.1 Å². The Morgan fingerprint density at radius 2 is 2.07 bits per heavy atom. The van der Waals surface area contributed by atoms with E-state index in [1.165, 1.54) is 31.4 Å². The molecule has 1 aliphatic carbocycles. The summed E-state index contributed by atoms with van der Waals surface area (Å²) in [7, 11) is 2.14. The first-order valence-corrected chi connectivity index (χ1v) is 16.0. The lowest BCUT2D eigenvalue weighted by molar-refractivity contribution is -0.128. The Labute approximate surface area is 269 Å². The topological polar surface area (TPSA) is 69.4 Å². The van der Waals surface area contributed by atoms with Crippen LogP contribution in [0.15, 0.2) is 43.0 Å². The number of anilines is 2. The van der Waals surface area contributed by atoms with Gasteiger partial charge in [0.25, 0.3) is 0 Å². The fraction of sp³-hybridized carbons (Fsp3) is 0.471. The summed E-state index contributed by atoms with van der Waals surface area (Å²) >= 11 is 6.50. The Balaban J connectivity index is 1.32. The van der Waals surface area contributed by atoms with Crippen LogP contribution in [0.25, 0.3) is 15.6 Å². The molecule has 11 heteroatoms. The summed E-state index contributed by atoms with van der Waals surface area (Å²) in [6.07, 6.45) is 5.60. The number of fused-ring (bicyclic) bond motifs is 2.